The van der Waals surface area contributed by atoms with Crippen LogP contribution in [0, 0.1) is 11.8 Å². The number of rotatable bonds is 1. The lowest BCUT2D eigenvalue weighted by Gasteiger charge is -2.48. The third kappa shape index (κ3) is 2.40. The summed E-state index contributed by atoms with van der Waals surface area (Å²) in [6.45, 7) is 1.47. The van der Waals surface area contributed by atoms with Crippen molar-refractivity contribution in [3.05, 3.63) is 0 Å². The molecule has 0 spiro atoms. The first-order valence-electron chi connectivity index (χ1n) is 7.87. The molecule has 2 aliphatic carbocycles. The van der Waals surface area contributed by atoms with Crippen molar-refractivity contribution in [2.75, 3.05) is 13.1 Å². The molecule has 4 heteroatoms. The Morgan fingerprint density at radius 1 is 1.16 bits per heavy atom. The van der Waals surface area contributed by atoms with Crippen LogP contribution in [-0.2, 0) is 4.79 Å². The predicted octanol–water partition coefficient (Wildman–Crippen LogP) is 1.27. The lowest BCUT2D eigenvalue weighted by atomic mass is 9.71. The van der Waals surface area contributed by atoms with Gasteiger partial charge in [-0.25, -0.2) is 0 Å². The molecule has 19 heavy (non-hydrogen) atoms. The molecule has 0 radical (unpaired) electrons. The Morgan fingerprint density at radius 3 is 2.74 bits per heavy atom. The number of aliphatic hydroxyl groups is 1. The van der Waals surface area contributed by atoms with Gasteiger partial charge in [0, 0.05) is 25.0 Å². The molecule has 3 N–H and O–H groups in total. The number of piperidine rings is 1. The third-order valence-corrected chi connectivity index (χ3v) is 5.63. The quantitative estimate of drug-likeness (QED) is 0.751. The highest BCUT2D eigenvalue weighted by atomic mass is 16.3. The zero-order valence-corrected chi connectivity index (χ0v) is 11.7. The first-order valence-corrected chi connectivity index (χ1v) is 7.87. The van der Waals surface area contributed by atoms with Crippen molar-refractivity contribution >= 4 is 5.91 Å². The molecule has 0 bridgehead atoms. The summed E-state index contributed by atoms with van der Waals surface area (Å²) in [5.74, 6) is 0.573. The predicted molar refractivity (Wildman–Crippen MR) is 73.4 cm³/mol. The normalized spacial score (nSPS) is 43.1. The van der Waals surface area contributed by atoms with Crippen molar-refractivity contribution in [3.8, 4) is 0 Å². The molecule has 108 valence electrons. The van der Waals surface area contributed by atoms with Crippen molar-refractivity contribution in [3.63, 3.8) is 0 Å². The van der Waals surface area contributed by atoms with Crippen molar-refractivity contribution < 1.29 is 9.90 Å². The summed E-state index contributed by atoms with van der Waals surface area (Å²) in [4.78, 5) is 14.5. The van der Waals surface area contributed by atoms with E-state index < -0.39 is 5.60 Å². The van der Waals surface area contributed by atoms with Gasteiger partial charge in [-0.05, 0) is 32.1 Å². The lowest BCUT2D eigenvalue weighted by molar-refractivity contribution is -0.147. The maximum Gasteiger partial charge on any atom is 0.227 e. The summed E-state index contributed by atoms with van der Waals surface area (Å²) in [5.41, 5.74) is 5.55. The van der Waals surface area contributed by atoms with Crippen LogP contribution in [0.1, 0.15) is 51.4 Å². The van der Waals surface area contributed by atoms with Crippen LogP contribution in [-0.4, -0.2) is 40.6 Å². The van der Waals surface area contributed by atoms with E-state index in [1.165, 1.54) is 6.42 Å². The number of likely N-dealkylation sites (tertiary alicyclic amines) is 1. The van der Waals surface area contributed by atoms with E-state index in [4.69, 9.17) is 5.73 Å². The number of nitrogens with zero attached hydrogens (tertiary/aromatic N) is 1. The fourth-order valence-corrected chi connectivity index (χ4v) is 4.30. The number of amides is 1. The minimum absolute atomic E-state index is 0.0368. The summed E-state index contributed by atoms with van der Waals surface area (Å²) in [6, 6.07) is 0.0552. The Balaban J connectivity index is 1.65. The fraction of sp³-hybridized carbons (Fsp3) is 0.933. The molecule has 1 saturated heterocycles. The summed E-state index contributed by atoms with van der Waals surface area (Å²) in [6.07, 6.45) is 8.08. The van der Waals surface area contributed by atoms with Crippen LogP contribution in [0.3, 0.4) is 0 Å². The second kappa shape index (κ2) is 5.06. The Morgan fingerprint density at radius 2 is 2.00 bits per heavy atom. The van der Waals surface area contributed by atoms with Gasteiger partial charge in [-0.2, -0.15) is 0 Å². The van der Waals surface area contributed by atoms with Gasteiger partial charge in [0.2, 0.25) is 5.91 Å². The molecular formula is C15H26N2O2. The highest BCUT2D eigenvalue weighted by Gasteiger charge is 2.45. The van der Waals surface area contributed by atoms with Gasteiger partial charge in [0.25, 0.3) is 0 Å². The van der Waals surface area contributed by atoms with E-state index >= 15 is 0 Å². The monoisotopic (exact) mass is 266 g/mol. The molecule has 1 heterocycles. The van der Waals surface area contributed by atoms with Crippen LogP contribution >= 0.6 is 0 Å². The van der Waals surface area contributed by atoms with Crippen molar-refractivity contribution in [1.82, 2.24) is 4.90 Å². The summed E-state index contributed by atoms with van der Waals surface area (Å²) < 4.78 is 0. The average molecular weight is 266 g/mol. The number of carbonyl (C=O) groups excluding carboxylic acids is 1. The molecular weight excluding hydrogens is 240 g/mol. The Labute approximate surface area is 115 Å². The van der Waals surface area contributed by atoms with Crippen molar-refractivity contribution in [2.24, 2.45) is 17.6 Å². The van der Waals surface area contributed by atoms with E-state index in [1.54, 1.807) is 0 Å². The Hall–Kier alpha value is -0.610. The van der Waals surface area contributed by atoms with Gasteiger partial charge in [0.05, 0.1) is 11.5 Å². The van der Waals surface area contributed by atoms with Gasteiger partial charge in [-0.1, -0.05) is 19.3 Å². The number of nitrogens with two attached hydrogens (primary N) is 1. The Kier molecular flexibility index (Phi) is 3.56. The van der Waals surface area contributed by atoms with Gasteiger partial charge in [0.15, 0.2) is 0 Å². The molecule has 0 aromatic heterocycles. The topological polar surface area (TPSA) is 66.6 Å². The Bertz CT molecular complexity index is 360. The van der Waals surface area contributed by atoms with E-state index in [2.05, 4.69) is 0 Å². The molecule has 4 unspecified atom stereocenters. The minimum Gasteiger partial charge on any atom is -0.389 e. The molecule has 4 atom stereocenters. The van der Waals surface area contributed by atoms with Crippen molar-refractivity contribution in [1.29, 1.82) is 0 Å². The molecule has 1 amide bonds. The van der Waals surface area contributed by atoms with Gasteiger partial charge in [0.1, 0.15) is 0 Å². The van der Waals surface area contributed by atoms with Crippen LogP contribution in [0.2, 0.25) is 0 Å². The van der Waals surface area contributed by atoms with Crippen LogP contribution < -0.4 is 5.73 Å². The molecule has 2 saturated carbocycles. The third-order valence-electron chi connectivity index (χ3n) is 5.63. The lowest BCUT2D eigenvalue weighted by Crippen LogP contribution is -2.56. The van der Waals surface area contributed by atoms with Gasteiger partial charge in [-0.3, -0.25) is 4.79 Å². The number of carbonyl (C=O) groups is 1. The fourth-order valence-electron chi connectivity index (χ4n) is 4.30. The molecule has 3 aliphatic rings. The number of hydrogen-bond donors (Lipinski definition) is 2. The van der Waals surface area contributed by atoms with E-state index in [-0.39, 0.29) is 23.8 Å². The zero-order chi connectivity index (χ0) is 13.5. The molecule has 3 fully saturated rings. The largest absolute Gasteiger partial charge is 0.389 e. The summed E-state index contributed by atoms with van der Waals surface area (Å²) in [5, 5.41) is 10.6. The molecule has 1 aliphatic heterocycles. The first-order chi connectivity index (χ1) is 9.10. The standard InChI is InChI=1S/C15H26N2O2/c16-13-6-3-5-12(13)14(18)17-9-8-15(19)7-2-1-4-11(15)10-17/h11-13,19H,1-10,16H2. The van der Waals surface area contributed by atoms with E-state index in [0.717, 1.165) is 58.0 Å². The van der Waals surface area contributed by atoms with Gasteiger partial charge in [-0.15, -0.1) is 0 Å². The van der Waals surface area contributed by atoms with E-state index in [1.807, 2.05) is 4.90 Å². The summed E-state index contributed by atoms with van der Waals surface area (Å²) >= 11 is 0. The van der Waals surface area contributed by atoms with Crippen molar-refractivity contribution in [2.45, 2.75) is 63.0 Å². The van der Waals surface area contributed by atoms with Crippen LogP contribution in [0.5, 0.6) is 0 Å². The zero-order valence-electron chi connectivity index (χ0n) is 11.7. The minimum atomic E-state index is -0.493. The smallest absolute Gasteiger partial charge is 0.227 e. The van der Waals surface area contributed by atoms with Crippen LogP contribution in [0.15, 0.2) is 0 Å². The average Bonchev–Trinajstić information content (AvgIpc) is 2.83. The molecule has 0 aromatic rings. The number of fused-ring (bicyclic) bond motifs is 1. The molecule has 3 rings (SSSR count). The SMILES string of the molecule is NC1CCCC1C(=O)N1CCC2(O)CCCCC2C1. The van der Waals surface area contributed by atoms with Crippen LogP contribution in [0.4, 0.5) is 0 Å². The maximum atomic E-state index is 12.6. The van der Waals surface area contributed by atoms with Gasteiger partial charge >= 0.3 is 0 Å². The van der Waals surface area contributed by atoms with E-state index in [0.29, 0.717) is 0 Å². The van der Waals surface area contributed by atoms with E-state index in [9.17, 15) is 9.90 Å². The highest BCUT2D eigenvalue weighted by molar-refractivity contribution is 5.80. The second-order valence-corrected chi connectivity index (χ2v) is 6.78. The van der Waals surface area contributed by atoms with Crippen LogP contribution in [0.25, 0.3) is 0 Å². The summed E-state index contributed by atoms with van der Waals surface area (Å²) in [7, 11) is 0. The number of hydrogen-bond acceptors (Lipinski definition) is 3. The molecule has 4 nitrogen and oxygen atoms in total. The maximum absolute atomic E-state index is 12.6. The first kappa shape index (κ1) is 13.4. The van der Waals surface area contributed by atoms with Gasteiger partial charge < -0.3 is 15.7 Å². The second-order valence-electron chi connectivity index (χ2n) is 6.78. The highest BCUT2D eigenvalue weighted by Crippen LogP contribution is 2.40. The molecule has 0 aromatic carbocycles.